The van der Waals surface area contributed by atoms with E-state index in [-0.39, 0.29) is 25.8 Å². The van der Waals surface area contributed by atoms with E-state index in [1.807, 2.05) is 96.1 Å². The van der Waals surface area contributed by atoms with E-state index >= 15 is 0 Å². The van der Waals surface area contributed by atoms with Crippen molar-refractivity contribution < 1.29 is 28.4 Å². The van der Waals surface area contributed by atoms with E-state index in [9.17, 15) is 9.59 Å². The molecule has 0 spiro atoms. The SMILES string of the molecule is CCC(C)(C)C(=O)OCC(C)(COC(C)(C)C)C(=O)OCc1ccc(C[n+]2ccn(C)c2)cc1. The van der Waals surface area contributed by atoms with Crippen LogP contribution in [0.3, 0.4) is 0 Å². The first kappa shape index (κ1) is 27.6. The maximum absolute atomic E-state index is 13.1. The van der Waals surface area contributed by atoms with Crippen LogP contribution in [0.4, 0.5) is 0 Å². The van der Waals surface area contributed by atoms with Crippen LogP contribution in [0.15, 0.2) is 43.0 Å². The second-order valence-corrected chi connectivity index (χ2v) is 10.9. The fourth-order valence-electron chi connectivity index (χ4n) is 2.97. The molecule has 7 nitrogen and oxygen atoms in total. The number of rotatable bonds is 11. The number of aromatic nitrogens is 2. The molecule has 0 radical (unpaired) electrons. The summed E-state index contributed by atoms with van der Waals surface area (Å²) in [5, 5.41) is 0. The number of carbonyl (C=O) groups is 2. The van der Waals surface area contributed by atoms with Gasteiger partial charge in [-0.3, -0.25) is 9.59 Å². The highest BCUT2D eigenvalue weighted by atomic mass is 16.6. The Kier molecular flexibility index (Phi) is 9.06. The zero-order valence-corrected chi connectivity index (χ0v) is 22.0. The van der Waals surface area contributed by atoms with Crippen molar-refractivity contribution in [2.75, 3.05) is 13.2 Å². The number of ether oxygens (including phenoxy) is 3. The van der Waals surface area contributed by atoms with Gasteiger partial charge in [-0.1, -0.05) is 31.2 Å². The van der Waals surface area contributed by atoms with Gasteiger partial charge in [0.2, 0.25) is 6.33 Å². The molecule has 1 aromatic carbocycles. The Morgan fingerprint density at radius 2 is 1.53 bits per heavy atom. The smallest absolute Gasteiger partial charge is 0.317 e. The van der Waals surface area contributed by atoms with Gasteiger partial charge in [0.25, 0.3) is 0 Å². The maximum atomic E-state index is 13.1. The van der Waals surface area contributed by atoms with Gasteiger partial charge in [0.1, 0.15) is 37.6 Å². The molecule has 0 aliphatic heterocycles. The summed E-state index contributed by atoms with van der Waals surface area (Å²) in [4.78, 5) is 25.6. The quantitative estimate of drug-likeness (QED) is 0.361. The Hall–Kier alpha value is -2.67. The van der Waals surface area contributed by atoms with E-state index in [0.717, 1.165) is 17.7 Å². The van der Waals surface area contributed by atoms with Crippen molar-refractivity contribution in [2.45, 2.75) is 73.6 Å². The van der Waals surface area contributed by atoms with Crippen LogP contribution in [0, 0.1) is 10.8 Å². The molecule has 1 atom stereocenters. The predicted molar refractivity (Wildman–Crippen MR) is 130 cm³/mol. The highest BCUT2D eigenvalue weighted by molar-refractivity contribution is 5.79. The fourth-order valence-corrected chi connectivity index (χ4v) is 2.97. The average Bonchev–Trinajstić information content (AvgIpc) is 3.19. The molecule has 1 unspecified atom stereocenters. The molecule has 0 bridgehead atoms. The van der Waals surface area contributed by atoms with Crippen LogP contribution >= 0.6 is 0 Å². The first-order chi connectivity index (χ1) is 15.7. The normalized spacial score (nSPS) is 13.9. The van der Waals surface area contributed by atoms with Gasteiger partial charge in [-0.2, -0.15) is 0 Å². The van der Waals surface area contributed by atoms with Gasteiger partial charge in [0.05, 0.1) is 24.7 Å². The largest absolute Gasteiger partial charge is 0.464 e. The average molecular weight is 474 g/mol. The highest BCUT2D eigenvalue weighted by Gasteiger charge is 2.40. The van der Waals surface area contributed by atoms with Gasteiger partial charge in [0, 0.05) is 0 Å². The standard InChI is InChI=1S/C27H41N2O5/c1-9-26(5,6)23(30)33-18-27(7,19-34-25(2,3)4)24(31)32-17-22-12-10-21(11-13-22)16-29-15-14-28(8)20-29/h10-15,20H,9,16-19H2,1-8H3/q+1. The molecular formula is C27H41N2O5+. The second kappa shape index (κ2) is 11.2. The first-order valence-corrected chi connectivity index (χ1v) is 11.8. The lowest BCUT2D eigenvalue weighted by Gasteiger charge is -2.32. The van der Waals surface area contributed by atoms with Crippen LogP contribution in [0.1, 0.15) is 66.0 Å². The molecule has 34 heavy (non-hydrogen) atoms. The van der Waals surface area contributed by atoms with Gasteiger partial charge in [-0.15, -0.1) is 0 Å². The topological polar surface area (TPSA) is 70.6 Å². The lowest BCUT2D eigenvalue weighted by Crippen LogP contribution is -2.43. The number of hydrogen-bond acceptors (Lipinski definition) is 5. The van der Waals surface area contributed by atoms with Crippen molar-refractivity contribution in [1.29, 1.82) is 0 Å². The van der Waals surface area contributed by atoms with Crippen LogP contribution in [-0.4, -0.2) is 35.3 Å². The third-order valence-electron chi connectivity index (χ3n) is 5.86. The molecule has 1 heterocycles. The molecule has 0 amide bonds. The van der Waals surface area contributed by atoms with Crippen LogP contribution < -0.4 is 4.57 Å². The predicted octanol–water partition coefficient (Wildman–Crippen LogP) is 4.20. The summed E-state index contributed by atoms with van der Waals surface area (Å²) in [6, 6.07) is 7.97. The van der Waals surface area contributed by atoms with Crippen molar-refractivity contribution in [3.8, 4) is 0 Å². The van der Waals surface area contributed by atoms with Gasteiger partial charge in [-0.05, 0) is 59.1 Å². The lowest BCUT2D eigenvalue weighted by atomic mass is 9.89. The minimum Gasteiger partial charge on any atom is -0.464 e. The van der Waals surface area contributed by atoms with E-state index < -0.39 is 22.4 Å². The van der Waals surface area contributed by atoms with E-state index in [1.165, 1.54) is 0 Å². The molecule has 7 heteroatoms. The highest BCUT2D eigenvalue weighted by Crippen LogP contribution is 2.27. The number of carbonyl (C=O) groups excluding carboxylic acids is 2. The summed E-state index contributed by atoms with van der Waals surface area (Å²) in [5.41, 5.74) is -0.133. The number of aryl methyl sites for hydroxylation is 1. The molecule has 0 aliphatic rings. The van der Waals surface area contributed by atoms with Crippen molar-refractivity contribution in [3.63, 3.8) is 0 Å². The Morgan fingerprint density at radius 1 is 0.912 bits per heavy atom. The summed E-state index contributed by atoms with van der Waals surface area (Å²) in [7, 11) is 1.99. The summed E-state index contributed by atoms with van der Waals surface area (Å²) >= 11 is 0. The molecule has 1 aromatic heterocycles. The third-order valence-corrected chi connectivity index (χ3v) is 5.86. The van der Waals surface area contributed by atoms with Crippen molar-refractivity contribution in [3.05, 3.63) is 54.1 Å². The second-order valence-electron chi connectivity index (χ2n) is 10.9. The van der Waals surface area contributed by atoms with Crippen molar-refractivity contribution in [2.24, 2.45) is 17.9 Å². The lowest BCUT2D eigenvalue weighted by molar-refractivity contribution is -0.687. The molecule has 0 fully saturated rings. The Morgan fingerprint density at radius 3 is 2.06 bits per heavy atom. The third kappa shape index (κ3) is 8.28. The van der Waals surface area contributed by atoms with Gasteiger partial charge >= 0.3 is 11.9 Å². The number of benzene rings is 1. The number of hydrogen-bond donors (Lipinski definition) is 0. The van der Waals surface area contributed by atoms with E-state index in [1.54, 1.807) is 6.92 Å². The monoisotopic (exact) mass is 473 g/mol. The van der Waals surface area contributed by atoms with Crippen molar-refractivity contribution in [1.82, 2.24) is 4.57 Å². The molecule has 0 aliphatic carbocycles. The molecule has 188 valence electrons. The first-order valence-electron chi connectivity index (χ1n) is 11.8. The summed E-state index contributed by atoms with van der Waals surface area (Å²) in [6.45, 7) is 13.9. The molecule has 0 saturated heterocycles. The summed E-state index contributed by atoms with van der Waals surface area (Å²) in [5.74, 6) is -0.792. The molecule has 0 saturated carbocycles. The zero-order valence-electron chi connectivity index (χ0n) is 22.0. The van der Waals surface area contributed by atoms with E-state index in [4.69, 9.17) is 14.2 Å². The minimum atomic E-state index is -1.11. The number of esters is 2. The maximum Gasteiger partial charge on any atom is 0.317 e. The Bertz CT molecular complexity index is 956. The molecule has 2 aromatic rings. The van der Waals surface area contributed by atoms with Crippen LogP contribution in [0.25, 0.3) is 0 Å². The van der Waals surface area contributed by atoms with Gasteiger partial charge in [0.15, 0.2) is 0 Å². The van der Waals surface area contributed by atoms with Crippen LogP contribution in [0.2, 0.25) is 0 Å². The van der Waals surface area contributed by atoms with Gasteiger partial charge < -0.3 is 14.2 Å². The zero-order chi connectivity index (χ0) is 25.6. The Labute approximate surface area is 204 Å². The summed E-state index contributed by atoms with van der Waals surface area (Å²) < 4.78 is 21.2. The van der Waals surface area contributed by atoms with Crippen molar-refractivity contribution >= 4 is 11.9 Å². The Balaban J connectivity index is 2.02. The summed E-state index contributed by atoms with van der Waals surface area (Å²) in [6.07, 6.45) is 6.67. The van der Waals surface area contributed by atoms with Crippen LogP contribution in [0.5, 0.6) is 0 Å². The van der Waals surface area contributed by atoms with E-state index in [0.29, 0.717) is 6.42 Å². The fraction of sp³-hybridized carbons (Fsp3) is 0.593. The number of nitrogens with zero attached hydrogens (tertiary/aromatic N) is 2. The van der Waals surface area contributed by atoms with Crippen LogP contribution in [-0.2, 0) is 44.0 Å². The molecular weight excluding hydrogens is 432 g/mol. The number of imidazole rings is 1. The van der Waals surface area contributed by atoms with E-state index in [2.05, 4.69) is 4.57 Å². The minimum absolute atomic E-state index is 0.0857. The molecule has 2 rings (SSSR count). The van der Waals surface area contributed by atoms with Gasteiger partial charge in [-0.25, -0.2) is 9.13 Å². The molecule has 0 N–H and O–H groups in total.